The first-order valence-electron chi connectivity index (χ1n) is 5.26. The number of aromatic carboxylic acids is 1. The Labute approximate surface area is 111 Å². The summed E-state index contributed by atoms with van der Waals surface area (Å²) in [5.41, 5.74) is 1.75. The molecule has 1 N–H and O–H groups in total. The molecule has 98 valence electrons. The van der Waals surface area contributed by atoms with E-state index in [1.165, 1.54) is 24.3 Å². The molecule has 1 aromatic rings. The van der Waals surface area contributed by atoms with Crippen molar-refractivity contribution in [1.29, 1.82) is 0 Å². The van der Waals surface area contributed by atoms with E-state index in [9.17, 15) is 13.2 Å². The third kappa shape index (κ3) is 3.34. The van der Waals surface area contributed by atoms with E-state index in [1.807, 2.05) is 6.92 Å². The summed E-state index contributed by atoms with van der Waals surface area (Å²) in [6.07, 6.45) is 1.83. The summed E-state index contributed by atoms with van der Waals surface area (Å²) in [7, 11) is -3.54. The average Bonchev–Trinajstić information content (AvgIpc) is 2.35. The predicted molar refractivity (Wildman–Crippen MR) is 69.8 cm³/mol. The molecule has 1 rings (SSSR count). The van der Waals surface area contributed by atoms with Gasteiger partial charge in [0.15, 0.2) is 9.84 Å². The SMILES string of the molecule is CCc1ccc(S(=O)(=O)C/C=C/Cl)cc1C(=O)O. The molecule has 0 unspecified atom stereocenters. The Kier molecular flexibility index (Phi) is 4.93. The zero-order chi connectivity index (χ0) is 13.8. The van der Waals surface area contributed by atoms with Gasteiger partial charge in [-0.05, 0) is 24.1 Å². The Morgan fingerprint density at radius 3 is 2.61 bits per heavy atom. The van der Waals surface area contributed by atoms with E-state index in [0.717, 1.165) is 5.54 Å². The Bertz CT molecular complexity index is 576. The van der Waals surface area contributed by atoms with E-state index >= 15 is 0 Å². The third-order valence-corrected chi connectivity index (χ3v) is 4.24. The monoisotopic (exact) mass is 288 g/mol. The average molecular weight is 289 g/mol. The van der Waals surface area contributed by atoms with Gasteiger partial charge in [-0.25, -0.2) is 13.2 Å². The first-order chi connectivity index (χ1) is 8.42. The van der Waals surface area contributed by atoms with Gasteiger partial charge in [0, 0.05) is 5.54 Å². The van der Waals surface area contributed by atoms with Crippen LogP contribution in [0.1, 0.15) is 22.8 Å². The van der Waals surface area contributed by atoms with Crippen molar-refractivity contribution < 1.29 is 18.3 Å². The van der Waals surface area contributed by atoms with Crippen LogP contribution in [-0.4, -0.2) is 25.2 Å². The van der Waals surface area contributed by atoms with Crippen molar-refractivity contribution in [3.05, 3.63) is 40.9 Å². The van der Waals surface area contributed by atoms with E-state index in [0.29, 0.717) is 12.0 Å². The lowest BCUT2D eigenvalue weighted by Gasteiger charge is -2.07. The van der Waals surface area contributed by atoms with Gasteiger partial charge in [0.2, 0.25) is 0 Å². The molecular formula is C12H13ClO4S. The van der Waals surface area contributed by atoms with Crippen molar-refractivity contribution in [3.8, 4) is 0 Å². The zero-order valence-corrected chi connectivity index (χ0v) is 11.3. The van der Waals surface area contributed by atoms with E-state index < -0.39 is 15.8 Å². The van der Waals surface area contributed by atoms with Gasteiger partial charge in [-0.1, -0.05) is 30.7 Å². The summed E-state index contributed by atoms with van der Waals surface area (Å²) in [5.74, 6) is -1.38. The van der Waals surface area contributed by atoms with E-state index in [-0.39, 0.29) is 16.2 Å². The molecule has 0 bridgehead atoms. The van der Waals surface area contributed by atoms with Crippen molar-refractivity contribution in [2.45, 2.75) is 18.2 Å². The van der Waals surface area contributed by atoms with Gasteiger partial charge in [0.25, 0.3) is 0 Å². The van der Waals surface area contributed by atoms with Gasteiger partial charge in [-0.2, -0.15) is 0 Å². The van der Waals surface area contributed by atoms with Crippen LogP contribution < -0.4 is 0 Å². The van der Waals surface area contributed by atoms with Crippen molar-refractivity contribution in [1.82, 2.24) is 0 Å². The summed E-state index contributed by atoms with van der Waals surface area (Å²) in [6, 6.07) is 4.14. The number of sulfone groups is 1. The summed E-state index contributed by atoms with van der Waals surface area (Å²) in [5, 5.41) is 9.03. The first-order valence-corrected chi connectivity index (χ1v) is 7.35. The maximum atomic E-state index is 11.9. The zero-order valence-electron chi connectivity index (χ0n) is 9.76. The third-order valence-electron chi connectivity index (χ3n) is 2.46. The second-order valence-electron chi connectivity index (χ2n) is 3.62. The highest BCUT2D eigenvalue weighted by Crippen LogP contribution is 2.18. The van der Waals surface area contributed by atoms with Gasteiger partial charge >= 0.3 is 5.97 Å². The molecule has 0 saturated heterocycles. The number of carbonyl (C=O) groups is 1. The topological polar surface area (TPSA) is 71.4 Å². The minimum atomic E-state index is -3.54. The molecule has 0 aliphatic carbocycles. The minimum Gasteiger partial charge on any atom is -0.478 e. The largest absolute Gasteiger partial charge is 0.478 e. The van der Waals surface area contributed by atoms with E-state index in [2.05, 4.69) is 0 Å². The number of rotatable bonds is 5. The number of carboxylic acid groups (broad SMARTS) is 1. The molecule has 4 nitrogen and oxygen atoms in total. The molecule has 6 heteroatoms. The fraction of sp³-hybridized carbons (Fsp3) is 0.250. The molecule has 0 radical (unpaired) electrons. The molecule has 0 aromatic heterocycles. The normalized spacial score (nSPS) is 11.9. The summed E-state index contributed by atoms with van der Waals surface area (Å²) in [6.45, 7) is 1.81. The summed E-state index contributed by atoms with van der Waals surface area (Å²) >= 11 is 5.29. The van der Waals surface area contributed by atoms with Gasteiger partial charge in [-0.3, -0.25) is 0 Å². The highest BCUT2D eigenvalue weighted by molar-refractivity contribution is 7.91. The lowest BCUT2D eigenvalue weighted by Crippen LogP contribution is -2.08. The van der Waals surface area contributed by atoms with E-state index in [4.69, 9.17) is 16.7 Å². The van der Waals surface area contributed by atoms with Crippen molar-refractivity contribution in [2.75, 3.05) is 5.75 Å². The second-order valence-corrected chi connectivity index (χ2v) is 5.91. The standard InChI is InChI=1S/C12H13ClO4S/c1-2-9-4-5-10(8-11(9)12(14)15)18(16,17)7-3-6-13/h3-6,8H,2,7H2,1H3,(H,14,15)/b6-3+. The summed E-state index contributed by atoms with van der Waals surface area (Å²) < 4.78 is 23.7. The Hall–Kier alpha value is -1.33. The highest BCUT2D eigenvalue weighted by Gasteiger charge is 2.17. The lowest BCUT2D eigenvalue weighted by atomic mass is 10.1. The number of hydrogen-bond acceptors (Lipinski definition) is 3. The maximum absolute atomic E-state index is 11.9. The van der Waals surface area contributed by atoms with Crippen LogP contribution in [0.4, 0.5) is 0 Å². The molecule has 0 saturated carbocycles. The van der Waals surface area contributed by atoms with Crippen LogP contribution in [0.25, 0.3) is 0 Å². The molecule has 0 aliphatic heterocycles. The smallest absolute Gasteiger partial charge is 0.336 e. The fourth-order valence-electron chi connectivity index (χ4n) is 1.52. The van der Waals surface area contributed by atoms with Crippen molar-refractivity contribution in [2.24, 2.45) is 0 Å². The molecule has 0 aliphatic rings. The van der Waals surface area contributed by atoms with Crippen LogP contribution in [0, 0.1) is 0 Å². The predicted octanol–water partition coefficient (Wildman–Crippen LogP) is 2.47. The molecule has 0 heterocycles. The molecule has 0 atom stereocenters. The number of aryl methyl sites for hydroxylation is 1. The molecule has 1 aromatic carbocycles. The molecule has 18 heavy (non-hydrogen) atoms. The number of halogens is 1. The second kappa shape index (κ2) is 6.02. The molecule has 0 amide bonds. The van der Waals surface area contributed by atoms with Crippen LogP contribution in [0.2, 0.25) is 0 Å². The minimum absolute atomic E-state index is 0.00753. The Morgan fingerprint density at radius 1 is 1.44 bits per heavy atom. The molecule has 0 fully saturated rings. The van der Waals surface area contributed by atoms with Crippen molar-refractivity contribution in [3.63, 3.8) is 0 Å². The van der Waals surface area contributed by atoms with Crippen LogP contribution in [0.15, 0.2) is 34.7 Å². The molecular weight excluding hydrogens is 276 g/mol. The lowest BCUT2D eigenvalue weighted by molar-refractivity contribution is 0.0695. The van der Waals surface area contributed by atoms with Gasteiger partial charge in [0.1, 0.15) is 0 Å². The maximum Gasteiger partial charge on any atom is 0.336 e. The van der Waals surface area contributed by atoms with Gasteiger partial charge in [0.05, 0.1) is 16.2 Å². The quantitative estimate of drug-likeness (QED) is 0.903. The van der Waals surface area contributed by atoms with Crippen LogP contribution in [-0.2, 0) is 16.3 Å². The van der Waals surface area contributed by atoms with Crippen LogP contribution >= 0.6 is 11.6 Å². The van der Waals surface area contributed by atoms with Crippen molar-refractivity contribution >= 4 is 27.4 Å². The first kappa shape index (κ1) is 14.7. The Morgan fingerprint density at radius 2 is 2.11 bits per heavy atom. The number of benzene rings is 1. The van der Waals surface area contributed by atoms with Crippen LogP contribution in [0.5, 0.6) is 0 Å². The number of hydrogen-bond donors (Lipinski definition) is 1. The van der Waals surface area contributed by atoms with Gasteiger partial charge < -0.3 is 5.11 Å². The van der Waals surface area contributed by atoms with Gasteiger partial charge in [-0.15, -0.1) is 0 Å². The van der Waals surface area contributed by atoms with Crippen LogP contribution in [0.3, 0.4) is 0 Å². The van der Waals surface area contributed by atoms with E-state index in [1.54, 1.807) is 0 Å². The summed E-state index contributed by atoms with van der Waals surface area (Å²) in [4.78, 5) is 11.0. The highest BCUT2D eigenvalue weighted by atomic mass is 35.5. The number of carboxylic acids is 1. The Balaban J connectivity index is 3.28. The fourth-order valence-corrected chi connectivity index (χ4v) is 2.83. The molecule has 0 spiro atoms.